The van der Waals surface area contributed by atoms with Crippen LogP contribution in [0.4, 0.5) is 5.88 Å². The summed E-state index contributed by atoms with van der Waals surface area (Å²) in [7, 11) is -3.87. The Kier molecular flexibility index (Phi) is 5.61. The summed E-state index contributed by atoms with van der Waals surface area (Å²) >= 11 is 5.96. The summed E-state index contributed by atoms with van der Waals surface area (Å²) in [5.41, 5.74) is 2.77. The predicted molar refractivity (Wildman–Crippen MR) is 117 cm³/mol. The van der Waals surface area contributed by atoms with Gasteiger partial charge in [0.25, 0.3) is 0 Å². The third-order valence-corrected chi connectivity index (χ3v) is 6.50. The molecule has 5 nitrogen and oxygen atoms in total. The first-order chi connectivity index (χ1) is 14.4. The zero-order valence-electron chi connectivity index (χ0n) is 16.2. The van der Waals surface area contributed by atoms with Gasteiger partial charge in [0, 0.05) is 17.1 Å². The first-order valence-corrected chi connectivity index (χ1v) is 11.2. The van der Waals surface area contributed by atoms with E-state index < -0.39 is 9.84 Å². The average Bonchev–Trinajstić information content (AvgIpc) is 3.20. The van der Waals surface area contributed by atoms with Gasteiger partial charge in [-0.15, -0.1) is 0 Å². The summed E-state index contributed by atoms with van der Waals surface area (Å²) in [6.45, 7) is 2.41. The second-order valence-corrected chi connectivity index (χ2v) is 9.12. The molecule has 0 radical (unpaired) electrons. The smallest absolute Gasteiger partial charge is 0.234 e. The molecular weight excluding hydrogens is 420 g/mol. The molecule has 0 unspecified atom stereocenters. The van der Waals surface area contributed by atoms with Gasteiger partial charge in [-0.1, -0.05) is 59.6 Å². The Morgan fingerprint density at radius 3 is 2.27 bits per heavy atom. The summed E-state index contributed by atoms with van der Waals surface area (Å²) in [5.74, 6) is 0.303. The highest BCUT2D eigenvalue weighted by molar-refractivity contribution is 7.91. The minimum Gasteiger partial charge on any atom is -0.419 e. The maximum Gasteiger partial charge on any atom is 0.234 e. The van der Waals surface area contributed by atoms with Crippen molar-refractivity contribution in [1.29, 1.82) is 0 Å². The van der Waals surface area contributed by atoms with E-state index in [1.54, 1.807) is 42.5 Å². The van der Waals surface area contributed by atoms with E-state index in [2.05, 4.69) is 10.3 Å². The van der Waals surface area contributed by atoms with Gasteiger partial charge in [-0.25, -0.2) is 8.42 Å². The van der Waals surface area contributed by atoms with Crippen LogP contribution in [-0.2, 0) is 16.4 Å². The Hall–Kier alpha value is -3.09. The van der Waals surface area contributed by atoms with Crippen LogP contribution in [0.15, 0.2) is 93.2 Å². The van der Waals surface area contributed by atoms with Crippen molar-refractivity contribution < 1.29 is 12.8 Å². The quantitative estimate of drug-likeness (QED) is 0.415. The number of oxazole rings is 1. The number of aryl methyl sites for hydroxylation is 1. The molecule has 1 aromatic heterocycles. The van der Waals surface area contributed by atoms with E-state index in [0.717, 1.165) is 11.1 Å². The molecule has 0 bridgehead atoms. The normalized spacial score (nSPS) is 11.4. The monoisotopic (exact) mass is 438 g/mol. The molecule has 152 valence electrons. The fourth-order valence-corrected chi connectivity index (χ4v) is 4.34. The number of anilines is 1. The standard InChI is InChI=1S/C23H19ClN2O3S/c1-16-7-9-17(10-8-16)15-25-22-23(30(27,28)20-5-3-2-4-6-20)26-21(29-22)18-11-13-19(24)14-12-18/h2-14,25H,15H2,1H3. The van der Waals surface area contributed by atoms with Crippen molar-refractivity contribution in [3.8, 4) is 11.5 Å². The summed E-state index contributed by atoms with van der Waals surface area (Å²) in [6.07, 6.45) is 0. The van der Waals surface area contributed by atoms with Crippen LogP contribution in [-0.4, -0.2) is 13.4 Å². The fraction of sp³-hybridized carbons (Fsp3) is 0.0870. The lowest BCUT2D eigenvalue weighted by molar-refractivity contribution is 0.576. The van der Waals surface area contributed by atoms with Gasteiger partial charge in [-0.2, -0.15) is 4.98 Å². The van der Waals surface area contributed by atoms with Gasteiger partial charge in [0.1, 0.15) is 0 Å². The SMILES string of the molecule is Cc1ccc(CNc2oc(-c3ccc(Cl)cc3)nc2S(=O)(=O)c2ccccc2)cc1. The number of nitrogens with one attached hydrogen (secondary N) is 1. The fourth-order valence-electron chi connectivity index (χ4n) is 2.92. The minimum absolute atomic E-state index is 0.101. The van der Waals surface area contributed by atoms with Gasteiger partial charge in [0.15, 0.2) is 0 Å². The lowest BCUT2D eigenvalue weighted by atomic mass is 10.1. The second kappa shape index (κ2) is 8.34. The first-order valence-electron chi connectivity index (χ1n) is 9.30. The Bertz CT molecular complexity index is 1250. The molecule has 0 atom stereocenters. The second-order valence-electron chi connectivity index (χ2n) is 6.82. The van der Waals surface area contributed by atoms with Gasteiger partial charge in [-0.3, -0.25) is 0 Å². The highest BCUT2D eigenvalue weighted by atomic mass is 35.5. The van der Waals surface area contributed by atoms with Crippen LogP contribution in [0, 0.1) is 6.92 Å². The van der Waals surface area contributed by atoms with Crippen molar-refractivity contribution in [1.82, 2.24) is 4.98 Å². The summed E-state index contributed by atoms with van der Waals surface area (Å²) < 4.78 is 32.3. The molecule has 0 aliphatic rings. The van der Waals surface area contributed by atoms with Crippen LogP contribution in [0.25, 0.3) is 11.5 Å². The molecule has 4 rings (SSSR count). The van der Waals surface area contributed by atoms with Crippen molar-refractivity contribution in [2.75, 3.05) is 5.32 Å². The first kappa shape index (κ1) is 20.2. The van der Waals surface area contributed by atoms with Gasteiger partial charge in [-0.05, 0) is 48.9 Å². The van der Waals surface area contributed by atoms with Crippen molar-refractivity contribution in [3.63, 3.8) is 0 Å². The molecule has 30 heavy (non-hydrogen) atoms. The largest absolute Gasteiger partial charge is 0.419 e. The summed E-state index contributed by atoms with van der Waals surface area (Å²) in [6, 6.07) is 23.0. The Morgan fingerprint density at radius 1 is 0.933 bits per heavy atom. The topological polar surface area (TPSA) is 72.2 Å². The van der Waals surface area contributed by atoms with Crippen molar-refractivity contribution in [3.05, 3.63) is 95.0 Å². The van der Waals surface area contributed by atoms with Gasteiger partial charge in [0.05, 0.1) is 4.90 Å². The third kappa shape index (κ3) is 4.25. The number of sulfone groups is 1. The molecule has 0 saturated heterocycles. The molecule has 1 heterocycles. The number of hydrogen-bond donors (Lipinski definition) is 1. The number of halogens is 1. The Balaban J connectivity index is 1.74. The Labute approximate surface area is 180 Å². The number of nitrogens with zero attached hydrogens (tertiary/aromatic N) is 1. The highest BCUT2D eigenvalue weighted by Crippen LogP contribution is 2.33. The molecule has 0 fully saturated rings. The lowest BCUT2D eigenvalue weighted by Gasteiger charge is -2.06. The van der Waals surface area contributed by atoms with Crippen LogP contribution in [0.5, 0.6) is 0 Å². The van der Waals surface area contributed by atoms with Crippen LogP contribution in [0.2, 0.25) is 5.02 Å². The third-order valence-electron chi connectivity index (χ3n) is 4.57. The zero-order chi connectivity index (χ0) is 21.1. The number of rotatable bonds is 6. The van der Waals surface area contributed by atoms with Crippen LogP contribution in [0.3, 0.4) is 0 Å². The number of aromatic nitrogens is 1. The van der Waals surface area contributed by atoms with Crippen LogP contribution < -0.4 is 5.32 Å². The maximum absolute atomic E-state index is 13.2. The number of benzene rings is 3. The van der Waals surface area contributed by atoms with E-state index in [9.17, 15) is 8.42 Å². The average molecular weight is 439 g/mol. The molecule has 7 heteroatoms. The number of hydrogen-bond acceptors (Lipinski definition) is 5. The van der Waals surface area contributed by atoms with Gasteiger partial charge in [0.2, 0.25) is 26.6 Å². The van der Waals surface area contributed by atoms with E-state index >= 15 is 0 Å². The molecule has 1 N–H and O–H groups in total. The van der Waals surface area contributed by atoms with Gasteiger partial charge < -0.3 is 9.73 Å². The molecule has 0 aliphatic heterocycles. The van der Waals surface area contributed by atoms with Gasteiger partial charge >= 0.3 is 0 Å². The van der Waals surface area contributed by atoms with Crippen LogP contribution in [0.1, 0.15) is 11.1 Å². The molecule has 0 spiro atoms. The van der Waals surface area contributed by atoms with Crippen molar-refractivity contribution in [2.45, 2.75) is 23.4 Å². The lowest BCUT2D eigenvalue weighted by Crippen LogP contribution is -2.07. The van der Waals surface area contributed by atoms with Crippen molar-refractivity contribution in [2.24, 2.45) is 0 Å². The zero-order valence-corrected chi connectivity index (χ0v) is 17.7. The minimum atomic E-state index is -3.87. The Morgan fingerprint density at radius 2 is 1.60 bits per heavy atom. The van der Waals surface area contributed by atoms with E-state index in [1.807, 2.05) is 31.2 Å². The molecule has 4 aromatic rings. The van der Waals surface area contributed by atoms with Crippen LogP contribution >= 0.6 is 11.6 Å². The highest BCUT2D eigenvalue weighted by Gasteiger charge is 2.28. The van der Waals surface area contributed by atoms with E-state index in [-0.39, 0.29) is 21.7 Å². The van der Waals surface area contributed by atoms with E-state index in [4.69, 9.17) is 16.0 Å². The molecule has 0 aliphatic carbocycles. The molecule has 0 saturated carbocycles. The summed E-state index contributed by atoms with van der Waals surface area (Å²) in [4.78, 5) is 4.48. The molecular formula is C23H19ClN2O3S. The molecule has 0 amide bonds. The van der Waals surface area contributed by atoms with E-state index in [1.165, 1.54) is 12.1 Å². The van der Waals surface area contributed by atoms with E-state index in [0.29, 0.717) is 17.1 Å². The predicted octanol–water partition coefficient (Wildman–Crippen LogP) is 5.75. The molecule has 3 aromatic carbocycles. The summed E-state index contributed by atoms with van der Waals surface area (Å²) in [5, 5.41) is 3.51. The van der Waals surface area contributed by atoms with Crippen molar-refractivity contribution >= 4 is 27.3 Å². The maximum atomic E-state index is 13.2.